The number of aryl methyl sites for hydroxylation is 1. The molecule has 0 fully saturated rings. The van der Waals surface area contributed by atoms with Crippen molar-refractivity contribution in [3.8, 4) is 0 Å². The maximum absolute atomic E-state index is 13.2. The van der Waals surface area contributed by atoms with Gasteiger partial charge in [0.05, 0.1) is 12.6 Å². The van der Waals surface area contributed by atoms with Gasteiger partial charge >= 0.3 is 0 Å². The van der Waals surface area contributed by atoms with Crippen molar-refractivity contribution in [3.63, 3.8) is 0 Å². The summed E-state index contributed by atoms with van der Waals surface area (Å²) in [6.45, 7) is 2.63. The van der Waals surface area contributed by atoms with Gasteiger partial charge in [-0.05, 0) is 49.1 Å². The first-order valence-electron chi connectivity index (χ1n) is 5.53. The molecule has 1 unspecified atom stereocenters. The van der Waals surface area contributed by atoms with Crippen molar-refractivity contribution in [1.29, 1.82) is 0 Å². The van der Waals surface area contributed by atoms with Crippen LogP contribution in [0.2, 0.25) is 0 Å². The predicted molar refractivity (Wildman–Crippen MR) is 61.3 cm³/mol. The predicted octanol–water partition coefficient (Wildman–Crippen LogP) is 2.83. The summed E-state index contributed by atoms with van der Waals surface area (Å²) in [6, 6.07) is 4.32. The van der Waals surface area contributed by atoms with Gasteiger partial charge in [-0.3, -0.25) is 0 Å². The smallest absolute Gasteiger partial charge is 0.123 e. The van der Waals surface area contributed by atoms with Gasteiger partial charge in [0.2, 0.25) is 0 Å². The number of ether oxygens (including phenoxy) is 1. The fourth-order valence-electron chi connectivity index (χ4n) is 1.89. The average Bonchev–Trinajstić information content (AvgIpc) is 2.32. The standard InChI is InChI=1S/C13H16FNO/c1-9-5-6-10(14)8-11(9)13(15)12-4-2-3-7-16-12/h4-6,8,13H,2-3,7,15H2,1H3. The molecule has 0 bridgehead atoms. The summed E-state index contributed by atoms with van der Waals surface area (Å²) in [5.74, 6) is 0.507. The Balaban J connectivity index is 2.29. The zero-order chi connectivity index (χ0) is 11.5. The molecule has 0 aromatic heterocycles. The molecule has 0 spiro atoms. The minimum atomic E-state index is -0.351. The Morgan fingerprint density at radius 2 is 2.25 bits per heavy atom. The monoisotopic (exact) mass is 221 g/mol. The molecule has 2 nitrogen and oxygen atoms in total. The van der Waals surface area contributed by atoms with Gasteiger partial charge in [-0.2, -0.15) is 0 Å². The van der Waals surface area contributed by atoms with Crippen LogP contribution in [0.5, 0.6) is 0 Å². The molecule has 1 aliphatic rings. The molecule has 0 radical (unpaired) electrons. The normalized spacial score (nSPS) is 17.6. The third-order valence-corrected chi connectivity index (χ3v) is 2.85. The lowest BCUT2D eigenvalue weighted by Gasteiger charge is -2.22. The van der Waals surface area contributed by atoms with Crippen LogP contribution in [0.15, 0.2) is 30.0 Å². The topological polar surface area (TPSA) is 35.2 Å². The molecule has 0 saturated carbocycles. The minimum absolute atomic E-state index is 0.257. The first kappa shape index (κ1) is 11.1. The molecule has 0 aliphatic carbocycles. The van der Waals surface area contributed by atoms with Crippen LogP contribution in [-0.4, -0.2) is 6.61 Å². The van der Waals surface area contributed by atoms with Crippen LogP contribution in [0.1, 0.15) is 30.0 Å². The molecule has 16 heavy (non-hydrogen) atoms. The van der Waals surface area contributed by atoms with Crippen molar-refractivity contribution in [2.45, 2.75) is 25.8 Å². The second kappa shape index (κ2) is 4.66. The van der Waals surface area contributed by atoms with Gasteiger partial charge in [-0.25, -0.2) is 4.39 Å². The first-order valence-corrected chi connectivity index (χ1v) is 5.53. The van der Waals surface area contributed by atoms with E-state index in [2.05, 4.69) is 0 Å². The summed E-state index contributed by atoms with van der Waals surface area (Å²) in [5, 5.41) is 0. The van der Waals surface area contributed by atoms with Crippen LogP contribution < -0.4 is 5.73 Å². The van der Waals surface area contributed by atoms with Gasteiger partial charge in [0.25, 0.3) is 0 Å². The molecule has 1 aliphatic heterocycles. The maximum Gasteiger partial charge on any atom is 0.123 e. The van der Waals surface area contributed by atoms with Crippen LogP contribution >= 0.6 is 0 Å². The Kier molecular flexibility index (Phi) is 3.25. The van der Waals surface area contributed by atoms with Gasteiger partial charge in [0, 0.05) is 0 Å². The molecule has 3 heteroatoms. The number of hydrogen-bond donors (Lipinski definition) is 1. The number of allylic oxidation sites excluding steroid dienone is 1. The molecule has 2 rings (SSSR count). The molecule has 0 saturated heterocycles. The fraction of sp³-hybridized carbons (Fsp3) is 0.385. The lowest BCUT2D eigenvalue weighted by Crippen LogP contribution is -2.19. The summed E-state index contributed by atoms with van der Waals surface area (Å²) in [4.78, 5) is 0. The van der Waals surface area contributed by atoms with Gasteiger partial charge in [0.15, 0.2) is 0 Å². The summed E-state index contributed by atoms with van der Waals surface area (Å²) in [5.41, 5.74) is 7.87. The molecule has 1 atom stereocenters. The molecule has 1 aromatic rings. The van der Waals surface area contributed by atoms with Gasteiger partial charge < -0.3 is 10.5 Å². The van der Waals surface area contributed by atoms with E-state index in [0.29, 0.717) is 6.61 Å². The van der Waals surface area contributed by atoms with Crippen molar-refractivity contribution < 1.29 is 9.13 Å². The first-order chi connectivity index (χ1) is 7.68. The molecule has 1 heterocycles. The third kappa shape index (κ3) is 2.25. The van der Waals surface area contributed by atoms with Gasteiger partial charge in [-0.15, -0.1) is 0 Å². The molecular formula is C13H16FNO. The summed E-state index contributed by atoms with van der Waals surface area (Å²) < 4.78 is 18.7. The summed E-state index contributed by atoms with van der Waals surface area (Å²) >= 11 is 0. The Morgan fingerprint density at radius 1 is 1.44 bits per heavy atom. The van der Waals surface area contributed by atoms with E-state index in [1.165, 1.54) is 12.1 Å². The Labute approximate surface area is 94.9 Å². The van der Waals surface area contributed by atoms with E-state index < -0.39 is 0 Å². The van der Waals surface area contributed by atoms with Crippen molar-refractivity contribution >= 4 is 0 Å². The lowest BCUT2D eigenvalue weighted by molar-refractivity contribution is 0.175. The summed E-state index contributed by atoms with van der Waals surface area (Å²) in [7, 11) is 0. The molecule has 86 valence electrons. The van der Waals surface area contributed by atoms with Crippen LogP contribution in [0.4, 0.5) is 4.39 Å². The van der Waals surface area contributed by atoms with E-state index in [1.807, 2.05) is 13.0 Å². The zero-order valence-electron chi connectivity index (χ0n) is 9.37. The number of nitrogens with two attached hydrogens (primary N) is 1. The highest BCUT2D eigenvalue weighted by atomic mass is 19.1. The van der Waals surface area contributed by atoms with Crippen LogP contribution in [0, 0.1) is 12.7 Å². The highest BCUT2D eigenvalue weighted by molar-refractivity contribution is 5.33. The highest BCUT2D eigenvalue weighted by Gasteiger charge is 2.17. The number of rotatable bonds is 2. The Morgan fingerprint density at radius 3 is 2.94 bits per heavy atom. The van der Waals surface area contributed by atoms with Gasteiger partial charge in [0.1, 0.15) is 11.6 Å². The molecule has 0 amide bonds. The van der Waals surface area contributed by atoms with E-state index in [0.717, 1.165) is 29.7 Å². The van der Waals surface area contributed by atoms with Crippen molar-refractivity contribution in [1.82, 2.24) is 0 Å². The minimum Gasteiger partial charge on any atom is -0.496 e. The largest absolute Gasteiger partial charge is 0.496 e. The van der Waals surface area contributed by atoms with E-state index in [9.17, 15) is 4.39 Å². The zero-order valence-corrected chi connectivity index (χ0v) is 9.37. The third-order valence-electron chi connectivity index (χ3n) is 2.85. The van der Waals surface area contributed by atoms with E-state index >= 15 is 0 Å². The van der Waals surface area contributed by atoms with Crippen molar-refractivity contribution in [2.24, 2.45) is 5.73 Å². The molecule has 2 N–H and O–H groups in total. The Hall–Kier alpha value is -1.35. The van der Waals surface area contributed by atoms with Crippen molar-refractivity contribution in [3.05, 3.63) is 47.0 Å². The number of hydrogen-bond acceptors (Lipinski definition) is 2. The second-order valence-corrected chi connectivity index (χ2v) is 4.08. The van der Waals surface area contributed by atoms with E-state index in [-0.39, 0.29) is 11.9 Å². The SMILES string of the molecule is Cc1ccc(F)cc1C(N)C1=CCCCO1. The van der Waals surface area contributed by atoms with Gasteiger partial charge in [-0.1, -0.05) is 6.07 Å². The average molecular weight is 221 g/mol. The Bertz CT molecular complexity index is 414. The second-order valence-electron chi connectivity index (χ2n) is 4.08. The number of halogens is 1. The molecule has 1 aromatic carbocycles. The van der Waals surface area contributed by atoms with Crippen LogP contribution in [0.25, 0.3) is 0 Å². The van der Waals surface area contributed by atoms with E-state index in [4.69, 9.17) is 10.5 Å². The maximum atomic E-state index is 13.2. The number of benzene rings is 1. The quantitative estimate of drug-likeness (QED) is 0.833. The van der Waals surface area contributed by atoms with Crippen LogP contribution in [0.3, 0.4) is 0 Å². The summed E-state index contributed by atoms with van der Waals surface area (Å²) in [6.07, 6.45) is 4.01. The molecular weight excluding hydrogens is 205 g/mol. The lowest BCUT2D eigenvalue weighted by atomic mass is 9.99. The van der Waals surface area contributed by atoms with E-state index in [1.54, 1.807) is 6.07 Å². The van der Waals surface area contributed by atoms with Crippen LogP contribution in [-0.2, 0) is 4.74 Å². The highest BCUT2D eigenvalue weighted by Crippen LogP contribution is 2.26. The fourth-order valence-corrected chi connectivity index (χ4v) is 1.89. The van der Waals surface area contributed by atoms with Crippen molar-refractivity contribution in [2.75, 3.05) is 6.61 Å².